The molecule has 0 aliphatic carbocycles. The molecule has 2 heterocycles. The summed E-state index contributed by atoms with van der Waals surface area (Å²) in [7, 11) is -5.20. The van der Waals surface area contributed by atoms with Crippen molar-refractivity contribution in [2.75, 3.05) is 13.2 Å². The largest absolute Gasteiger partial charge is 0.489 e. The maximum atomic E-state index is 15.6. The highest BCUT2D eigenvalue weighted by Gasteiger charge is 2.44. The Morgan fingerprint density at radius 2 is 1.79 bits per heavy atom. The molecule has 2 aliphatic heterocycles. The van der Waals surface area contributed by atoms with Crippen molar-refractivity contribution in [3.05, 3.63) is 53.6 Å². The lowest BCUT2D eigenvalue weighted by Gasteiger charge is -2.43. The highest BCUT2D eigenvalue weighted by molar-refractivity contribution is 7.89. The van der Waals surface area contributed by atoms with Gasteiger partial charge in [-0.15, -0.1) is 0 Å². The van der Waals surface area contributed by atoms with Crippen LogP contribution >= 0.6 is 0 Å². The molecule has 1 amide bonds. The van der Waals surface area contributed by atoms with Crippen LogP contribution in [0.1, 0.15) is 18.4 Å². The molecule has 12 heteroatoms. The number of hydrogen-bond acceptors (Lipinski definition) is 4. The van der Waals surface area contributed by atoms with Crippen molar-refractivity contribution in [2.24, 2.45) is 0 Å². The van der Waals surface area contributed by atoms with Gasteiger partial charge in [0.25, 0.3) is 10.0 Å². The Kier molecular flexibility index (Phi) is 6.81. The van der Waals surface area contributed by atoms with Crippen LogP contribution in [0.15, 0.2) is 36.4 Å². The molecule has 0 saturated carbocycles. The Hall–Kier alpha value is -2.73. The number of fused-ring (bicyclic) bond motifs is 5. The van der Waals surface area contributed by atoms with E-state index in [2.05, 4.69) is 0 Å². The van der Waals surface area contributed by atoms with Gasteiger partial charge in [-0.05, 0) is 24.5 Å². The van der Waals surface area contributed by atoms with E-state index in [1.165, 1.54) is 30.3 Å². The maximum Gasteiger partial charge on any atom is 0.350 e. The Bertz CT molecular complexity index is 1190. The quantitative estimate of drug-likeness (QED) is 0.651. The van der Waals surface area contributed by atoms with E-state index in [0.717, 1.165) is 11.0 Å². The van der Waals surface area contributed by atoms with Gasteiger partial charge in [-0.2, -0.15) is 8.78 Å². The van der Waals surface area contributed by atoms with Gasteiger partial charge in [-0.3, -0.25) is 4.79 Å². The molecule has 2 aromatic carbocycles. The summed E-state index contributed by atoms with van der Waals surface area (Å²) < 4.78 is 102. The van der Waals surface area contributed by atoms with Gasteiger partial charge in [0.1, 0.15) is 12.0 Å². The van der Waals surface area contributed by atoms with Crippen LogP contribution in [-0.2, 0) is 21.2 Å². The highest BCUT2D eigenvalue weighted by Crippen LogP contribution is 2.36. The monoisotopic (exact) mass is 504 g/mol. The zero-order valence-electron chi connectivity index (χ0n) is 17.7. The first kappa shape index (κ1) is 24.4. The summed E-state index contributed by atoms with van der Waals surface area (Å²) in [6.45, 7) is -0.423. The fourth-order valence-electron chi connectivity index (χ4n) is 4.41. The van der Waals surface area contributed by atoms with Crippen molar-refractivity contribution in [3.63, 3.8) is 0 Å². The number of amides is 1. The number of carbonyl (C=O) groups excluding carboxylic acids is 1. The normalized spacial score (nSPS) is 23.4. The van der Waals surface area contributed by atoms with E-state index in [9.17, 15) is 30.8 Å². The zero-order valence-corrected chi connectivity index (χ0v) is 18.5. The molecule has 0 spiro atoms. The first-order chi connectivity index (χ1) is 16.1. The topological polar surface area (TPSA) is 75.7 Å². The van der Waals surface area contributed by atoms with Crippen LogP contribution in [0.2, 0.25) is 0 Å². The lowest BCUT2D eigenvalue weighted by Crippen LogP contribution is -2.63. The lowest BCUT2D eigenvalue weighted by atomic mass is 9.88. The van der Waals surface area contributed by atoms with E-state index in [1.807, 2.05) is 0 Å². The summed E-state index contributed by atoms with van der Waals surface area (Å²) >= 11 is 0. The van der Waals surface area contributed by atoms with Gasteiger partial charge in [-0.25, -0.2) is 26.3 Å². The molecule has 2 aliphatic rings. The third-order valence-corrected chi connectivity index (χ3v) is 7.10. The minimum Gasteiger partial charge on any atom is -0.489 e. The number of sulfonamides is 1. The molecule has 6 nitrogen and oxygen atoms in total. The molecule has 0 aromatic heterocycles. The first-order valence-corrected chi connectivity index (χ1v) is 12.1. The maximum absolute atomic E-state index is 15.6. The van der Waals surface area contributed by atoms with Crippen molar-refractivity contribution in [3.8, 4) is 16.9 Å². The van der Waals surface area contributed by atoms with Crippen molar-refractivity contribution in [1.82, 2.24) is 9.62 Å². The molecular formula is C22H21F5N2O4S. The first-order valence-electron chi connectivity index (χ1n) is 10.5. The molecule has 1 fully saturated rings. The summed E-state index contributed by atoms with van der Waals surface area (Å²) in [5.41, 5.74) is 0.0698. The van der Waals surface area contributed by atoms with Gasteiger partial charge in [0, 0.05) is 17.7 Å². The summed E-state index contributed by atoms with van der Waals surface area (Å²) in [5, 5.41) is 0. The van der Waals surface area contributed by atoms with E-state index in [4.69, 9.17) is 4.74 Å². The molecular weight excluding hydrogens is 483 g/mol. The predicted molar refractivity (Wildman–Crippen MR) is 112 cm³/mol. The van der Waals surface area contributed by atoms with Crippen LogP contribution in [0.25, 0.3) is 11.1 Å². The number of nitrogens with one attached hydrogen (secondary N) is 1. The fraction of sp³-hybridized carbons (Fsp3) is 0.409. The van der Waals surface area contributed by atoms with Crippen LogP contribution in [0, 0.1) is 11.6 Å². The minimum atomic E-state index is -5.20. The molecule has 2 aromatic rings. The summed E-state index contributed by atoms with van der Waals surface area (Å²) in [6, 6.07) is 5.17. The molecule has 3 unspecified atom stereocenters. The molecule has 4 rings (SSSR count). The van der Waals surface area contributed by atoms with Crippen molar-refractivity contribution >= 4 is 15.9 Å². The number of benzene rings is 2. The van der Waals surface area contributed by atoms with Gasteiger partial charge in [0.2, 0.25) is 5.91 Å². The van der Waals surface area contributed by atoms with Crippen LogP contribution in [-0.4, -0.2) is 56.4 Å². The van der Waals surface area contributed by atoms with E-state index in [1.54, 1.807) is 4.72 Å². The Labute approximate surface area is 192 Å². The Morgan fingerprint density at radius 1 is 1.09 bits per heavy atom. The second-order valence-corrected chi connectivity index (χ2v) is 9.79. The highest BCUT2D eigenvalue weighted by atomic mass is 32.2. The number of hydrogen-bond donors (Lipinski definition) is 1. The van der Waals surface area contributed by atoms with Gasteiger partial charge in [-0.1, -0.05) is 30.3 Å². The van der Waals surface area contributed by atoms with Crippen molar-refractivity contribution in [1.29, 1.82) is 0 Å². The van der Waals surface area contributed by atoms with Crippen LogP contribution in [0.5, 0.6) is 5.75 Å². The Morgan fingerprint density at radius 3 is 2.53 bits per heavy atom. The fourth-order valence-corrected chi connectivity index (χ4v) is 5.19. The smallest absolute Gasteiger partial charge is 0.350 e. The molecule has 34 heavy (non-hydrogen) atoms. The van der Waals surface area contributed by atoms with Gasteiger partial charge in [0.05, 0.1) is 25.1 Å². The van der Waals surface area contributed by atoms with E-state index >= 15 is 4.39 Å². The average molecular weight is 504 g/mol. The number of halogens is 5. The minimum absolute atomic E-state index is 0.0113. The number of piperidine rings is 1. The van der Waals surface area contributed by atoms with Gasteiger partial charge >= 0.3 is 5.76 Å². The number of para-hydroxylation sites is 1. The molecule has 0 radical (unpaired) electrons. The second-order valence-electron chi connectivity index (χ2n) is 8.11. The number of carbonyl (C=O) groups is 1. The molecule has 184 valence electrons. The Balaban J connectivity index is 1.82. The number of nitrogens with zero attached hydrogens (tertiary/aromatic N) is 1. The average Bonchev–Trinajstić information content (AvgIpc) is 2.78. The van der Waals surface area contributed by atoms with E-state index in [0.29, 0.717) is 0 Å². The van der Waals surface area contributed by atoms with Crippen LogP contribution in [0.3, 0.4) is 0 Å². The second kappa shape index (κ2) is 9.49. The number of ether oxygens (including phenoxy) is 1. The SMILES string of the molecule is O=C1CCOc2c(F)cccc2-c2cccc(c2F)CC2C(NS(=O)(=O)C(F)F)C(F)CCN12. The summed E-state index contributed by atoms with van der Waals surface area (Å²) in [5.74, 6) is -6.18. The van der Waals surface area contributed by atoms with Crippen molar-refractivity contribution < 1.29 is 39.9 Å². The van der Waals surface area contributed by atoms with Crippen LogP contribution < -0.4 is 9.46 Å². The van der Waals surface area contributed by atoms with Crippen molar-refractivity contribution in [2.45, 2.75) is 43.3 Å². The molecule has 1 N–H and O–H groups in total. The van der Waals surface area contributed by atoms with E-state index < -0.39 is 51.6 Å². The molecule has 2 bridgehead atoms. The molecule has 1 saturated heterocycles. The summed E-state index contributed by atoms with van der Waals surface area (Å²) in [6.07, 6.45) is -2.81. The zero-order chi connectivity index (χ0) is 24.6. The van der Waals surface area contributed by atoms with Crippen LogP contribution in [0.4, 0.5) is 22.0 Å². The summed E-state index contributed by atoms with van der Waals surface area (Å²) in [4.78, 5) is 14.1. The van der Waals surface area contributed by atoms with Gasteiger partial charge in [0.15, 0.2) is 11.6 Å². The number of alkyl halides is 3. The third-order valence-electron chi connectivity index (χ3n) is 6.03. The standard InChI is InChI=1S/C22H21F5N2O4S/c23-15-7-9-29-17(20(15)28-34(31,32)22(26)27)11-12-3-1-4-13(19(12)25)14-5-2-6-16(24)21(14)33-10-8-18(29)30/h1-6,15,17,20,22,28H,7-11H2. The third kappa shape index (κ3) is 4.61. The van der Waals surface area contributed by atoms with E-state index in [-0.39, 0.29) is 54.9 Å². The predicted octanol–water partition coefficient (Wildman–Crippen LogP) is 3.41. The number of rotatable bonds is 3. The lowest BCUT2D eigenvalue weighted by molar-refractivity contribution is -0.137. The molecule has 3 atom stereocenters. The van der Waals surface area contributed by atoms with Gasteiger partial charge < -0.3 is 9.64 Å².